The lowest BCUT2D eigenvalue weighted by molar-refractivity contribution is -0.119. The lowest BCUT2D eigenvalue weighted by atomic mass is 10.1. The summed E-state index contributed by atoms with van der Waals surface area (Å²) in [6, 6.07) is 6.00. The summed E-state index contributed by atoms with van der Waals surface area (Å²) >= 11 is 0. The molecule has 1 atom stereocenters. The number of rotatable bonds is 4. The summed E-state index contributed by atoms with van der Waals surface area (Å²) in [6.45, 7) is 10.2. The van der Waals surface area contributed by atoms with Crippen LogP contribution in [0.5, 0.6) is 0 Å². The average Bonchev–Trinajstić information content (AvgIpc) is 2.71. The zero-order chi connectivity index (χ0) is 15.6. The Labute approximate surface area is 125 Å². The van der Waals surface area contributed by atoms with Crippen molar-refractivity contribution < 1.29 is 4.79 Å². The Kier molecular flexibility index (Phi) is 4.40. The highest BCUT2D eigenvalue weighted by molar-refractivity contribution is 5.93. The molecule has 1 aromatic heterocycles. The molecule has 2 rings (SSSR count). The summed E-state index contributed by atoms with van der Waals surface area (Å²) < 4.78 is 1.78. The molecule has 0 bridgehead atoms. The third-order valence-electron chi connectivity index (χ3n) is 3.50. The lowest BCUT2D eigenvalue weighted by Crippen LogP contribution is -2.25. The third-order valence-corrected chi connectivity index (χ3v) is 3.50. The van der Waals surface area contributed by atoms with Crippen LogP contribution in [0.25, 0.3) is 0 Å². The molecule has 112 valence electrons. The molecule has 0 unspecified atom stereocenters. The van der Waals surface area contributed by atoms with Gasteiger partial charge in [-0.1, -0.05) is 24.6 Å². The van der Waals surface area contributed by atoms with Crippen LogP contribution in [0.3, 0.4) is 0 Å². The average molecular weight is 286 g/mol. The highest BCUT2D eigenvalue weighted by Crippen LogP contribution is 2.17. The number of benzene rings is 1. The molecule has 1 N–H and O–H groups in total. The summed E-state index contributed by atoms with van der Waals surface area (Å²) in [5, 5.41) is 7.28. The fourth-order valence-corrected chi connectivity index (χ4v) is 2.29. The molecule has 0 fully saturated rings. The fourth-order valence-electron chi connectivity index (χ4n) is 2.29. The van der Waals surface area contributed by atoms with Gasteiger partial charge in [-0.3, -0.25) is 4.79 Å². The van der Waals surface area contributed by atoms with Gasteiger partial charge in [0, 0.05) is 5.69 Å². The number of carbonyl (C=O) groups is 1. The van der Waals surface area contributed by atoms with Crippen molar-refractivity contribution in [2.75, 3.05) is 5.32 Å². The molecule has 0 aliphatic rings. The van der Waals surface area contributed by atoms with Gasteiger partial charge in [0.25, 0.3) is 0 Å². The molecule has 0 aliphatic heterocycles. The number of aromatic nitrogens is 3. The molecule has 0 saturated carbocycles. The van der Waals surface area contributed by atoms with E-state index < -0.39 is 0 Å². The maximum absolute atomic E-state index is 12.3. The fraction of sp³-hybridized carbons (Fsp3) is 0.438. The molecule has 1 aromatic carbocycles. The van der Waals surface area contributed by atoms with Crippen LogP contribution >= 0.6 is 0 Å². The Morgan fingerprint density at radius 2 is 2.00 bits per heavy atom. The molecule has 2 aromatic rings. The van der Waals surface area contributed by atoms with Gasteiger partial charge < -0.3 is 5.32 Å². The van der Waals surface area contributed by atoms with E-state index in [0.717, 1.165) is 22.9 Å². The van der Waals surface area contributed by atoms with Gasteiger partial charge in [-0.15, -0.1) is 0 Å². The summed E-state index contributed by atoms with van der Waals surface area (Å²) in [5.41, 5.74) is 3.12. The van der Waals surface area contributed by atoms with Gasteiger partial charge in [0.1, 0.15) is 11.6 Å². The monoisotopic (exact) mass is 286 g/mol. The number of nitrogens with zero attached hydrogens (tertiary/aromatic N) is 3. The van der Waals surface area contributed by atoms with Crippen LogP contribution in [-0.2, 0) is 11.3 Å². The third kappa shape index (κ3) is 3.68. The van der Waals surface area contributed by atoms with Gasteiger partial charge in [-0.05, 0) is 39.3 Å². The van der Waals surface area contributed by atoms with E-state index in [-0.39, 0.29) is 11.8 Å². The van der Waals surface area contributed by atoms with Gasteiger partial charge in [-0.2, -0.15) is 5.10 Å². The van der Waals surface area contributed by atoms with Crippen molar-refractivity contribution in [1.82, 2.24) is 14.8 Å². The normalized spacial score (nSPS) is 12.2. The van der Waals surface area contributed by atoms with Gasteiger partial charge in [0.15, 0.2) is 0 Å². The van der Waals surface area contributed by atoms with Crippen molar-refractivity contribution >= 4 is 11.6 Å². The summed E-state index contributed by atoms with van der Waals surface area (Å²) in [6.07, 6.45) is 0. The number of amides is 1. The van der Waals surface area contributed by atoms with Gasteiger partial charge in [0.05, 0.1) is 12.5 Å². The van der Waals surface area contributed by atoms with Crippen molar-refractivity contribution in [2.24, 2.45) is 5.92 Å². The number of aryl methyl sites for hydroxylation is 4. The summed E-state index contributed by atoms with van der Waals surface area (Å²) in [5.74, 6) is 1.38. The highest BCUT2D eigenvalue weighted by atomic mass is 16.1. The van der Waals surface area contributed by atoms with Crippen LogP contribution in [-0.4, -0.2) is 20.7 Å². The number of hydrogen-bond acceptors (Lipinski definition) is 3. The van der Waals surface area contributed by atoms with Crippen LogP contribution in [0.1, 0.15) is 29.7 Å². The highest BCUT2D eigenvalue weighted by Gasteiger charge is 2.16. The Morgan fingerprint density at radius 3 is 2.57 bits per heavy atom. The summed E-state index contributed by atoms with van der Waals surface area (Å²) in [4.78, 5) is 16.6. The largest absolute Gasteiger partial charge is 0.326 e. The second-order valence-electron chi connectivity index (χ2n) is 5.60. The standard InChI is InChI=1S/C16H22N4O/c1-10-6-7-15(11(2)8-10)18-16(21)12(3)9-20-14(5)17-13(4)19-20/h6-8,12H,9H2,1-5H3,(H,18,21)/t12-/m1/s1. The lowest BCUT2D eigenvalue weighted by Gasteiger charge is -2.14. The van der Waals surface area contributed by atoms with E-state index in [9.17, 15) is 4.79 Å². The molecular weight excluding hydrogens is 264 g/mol. The van der Waals surface area contributed by atoms with Crippen molar-refractivity contribution in [2.45, 2.75) is 41.2 Å². The van der Waals surface area contributed by atoms with E-state index in [1.165, 1.54) is 5.56 Å². The first-order valence-electron chi connectivity index (χ1n) is 7.13. The SMILES string of the molecule is Cc1ccc(NC(=O)[C@H](C)Cn2nc(C)nc2C)c(C)c1. The molecule has 5 nitrogen and oxygen atoms in total. The molecule has 0 radical (unpaired) electrons. The quantitative estimate of drug-likeness (QED) is 0.940. The van der Waals surface area contributed by atoms with E-state index in [0.29, 0.717) is 6.54 Å². The number of nitrogens with one attached hydrogen (secondary N) is 1. The van der Waals surface area contributed by atoms with E-state index in [4.69, 9.17) is 0 Å². The van der Waals surface area contributed by atoms with E-state index in [1.54, 1.807) is 4.68 Å². The second-order valence-corrected chi connectivity index (χ2v) is 5.60. The predicted octanol–water partition coefficient (Wildman–Crippen LogP) is 2.79. The molecule has 5 heteroatoms. The molecule has 0 saturated heterocycles. The van der Waals surface area contributed by atoms with Crippen LogP contribution in [0.4, 0.5) is 5.69 Å². The summed E-state index contributed by atoms with van der Waals surface area (Å²) in [7, 11) is 0. The maximum Gasteiger partial charge on any atom is 0.229 e. The second kappa shape index (κ2) is 6.08. The van der Waals surface area contributed by atoms with Crippen LogP contribution < -0.4 is 5.32 Å². The van der Waals surface area contributed by atoms with Crippen LogP contribution in [0.2, 0.25) is 0 Å². The molecule has 0 spiro atoms. The minimum Gasteiger partial charge on any atom is -0.326 e. The van der Waals surface area contributed by atoms with Gasteiger partial charge in [0.2, 0.25) is 5.91 Å². The zero-order valence-corrected chi connectivity index (χ0v) is 13.3. The van der Waals surface area contributed by atoms with Crippen LogP contribution in [0.15, 0.2) is 18.2 Å². The zero-order valence-electron chi connectivity index (χ0n) is 13.3. The minimum absolute atomic E-state index is 0.00509. The van der Waals surface area contributed by atoms with E-state index in [1.807, 2.05) is 46.8 Å². The molecule has 21 heavy (non-hydrogen) atoms. The van der Waals surface area contributed by atoms with Gasteiger partial charge in [-0.25, -0.2) is 9.67 Å². The first-order valence-corrected chi connectivity index (χ1v) is 7.13. The first kappa shape index (κ1) is 15.2. The van der Waals surface area contributed by atoms with Crippen molar-refractivity contribution in [3.63, 3.8) is 0 Å². The Morgan fingerprint density at radius 1 is 1.29 bits per heavy atom. The first-order chi connectivity index (χ1) is 9.86. The Bertz CT molecular complexity index is 660. The minimum atomic E-state index is -0.175. The number of anilines is 1. The Hall–Kier alpha value is -2.17. The smallest absolute Gasteiger partial charge is 0.229 e. The van der Waals surface area contributed by atoms with Crippen molar-refractivity contribution in [3.8, 4) is 0 Å². The molecule has 1 amide bonds. The van der Waals surface area contributed by atoms with E-state index in [2.05, 4.69) is 21.5 Å². The maximum atomic E-state index is 12.3. The topological polar surface area (TPSA) is 59.8 Å². The van der Waals surface area contributed by atoms with Crippen molar-refractivity contribution in [3.05, 3.63) is 41.0 Å². The number of carbonyl (C=O) groups excluding carboxylic acids is 1. The van der Waals surface area contributed by atoms with Crippen LogP contribution in [0, 0.1) is 33.6 Å². The van der Waals surface area contributed by atoms with Gasteiger partial charge >= 0.3 is 0 Å². The molecular formula is C16H22N4O. The molecule has 0 aliphatic carbocycles. The predicted molar refractivity (Wildman–Crippen MR) is 83.2 cm³/mol. The molecule has 1 heterocycles. The van der Waals surface area contributed by atoms with E-state index >= 15 is 0 Å². The van der Waals surface area contributed by atoms with Crippen molar-refractivity contribution in [1.29, 1.82) is 0 Å². The Balaban J connectivity index is 2.04. The number of hydrogen-bond donors (Lipinski definition) is 1.